The molecule has 0 saturated heterocycles. The van der Waals surface area contributed by atoms with Crippen LogP contribution in [0, 0.1) is 5.92 Å². The van der Waals surface area contributed by atoms with E-state index in [1.54, 1.807) is 29.3 Å². The van der Waals surface area contributed by atoms with Crippen LogP contribution in [0.15, 0.2) is 35.4 Å². The second kappa shape index (κ2) is 8.28. The van der Waals surface area contributed by atoms with Gasteiger partial charge in [-0.1, -0.05) is 26.0 Å². The standard InChI is InChI=1S/C23H29N3O2S/c1-15(2)12-25(3)17-8-9-19-20(11-17)29-22-21(19)23(27)26(14-24-22)13-16-6-5-7-18(10-16)28-4/h5-7,10,14-15,17H,8-9,11-13H2,1-4H3/t17-/m1/s1. The summed E-state index contributed by atoms with van der Waals surface area (Å²) < 4.78 is 7.03. The number of nitrogens with zero attached hydrogens (tertiary/aromatic N) is 3. The third-order valence-electron chi connectivity index (χ3n) is 5.77. The Morgan fingerprint density at radius 1 is 1.38 bits per heavy atom. The Bertz CT molecular complexity index is 1070. The van der Waals surface area contributed by atoms with Gasteiger partial charge in [0.05, 0.1) is 25.4 Å². The average Bonchev–Trinajstić information content (AvgIpc) is 3.08. The van der Waals surface area contributed by atoms with Crippen LogP contribution in [0.4, 0.5) is 0 Å². The zero-order valence-electron chi connectivity index (χ0n) is 17.6. The van der Waals surface area contributed by atoms with Crippen LogP contribution in [0.25, 0.3) is 10.2 Å². The molecule has 4 rings (SSSR count). The summed E-state index contributed by atoms with van der Waals surface area (Å²) >= 11 is 1.70. The molecule has 1 aromatic carbocycles. The van der Waals surface area contributed by atoms with Crippen LogP contribution in [-0.4, -0.2) is 41.2 Å². The van der Waals surface area contributed by atoms with Crippen LogP contribution < -0.4 is 10.3 Å². The zero-order valence-corrected chi connectivity index (χ0v) is 18.5. The minimum atomic E-state index is 0.0734. The van der Waals surface area contributed by atoms with E-state index in [9.17, 15) is 4.79 Å². The van der Waals surface area contributed by atoms with E-state index in [1.807, 2.05) is 24.3 Å². The lowest BCUT2D eigenvalue weighted by atomic mass is 9.92. The Morgan fingerprint density at radius 2 is 2.21 bits per heavy atom. The Morgan fingerprint density at radius 3 is 2.97 bits per heavy atom. The van der Waals surface area contributed by atoms with E-state index >= 15 is 0 Å². The molecule has 0 fully saturated rings. The number of likely N-dealkylation sites (N-methyl/N-ethyl adjacent to an activating group) is 1. The van der Waals surface area contributed by atoms with Crippen molar-refractivity contribution in [2.75, 3.05) is 20.7 Å². The van der Waals surface area contributed by atoms with Gasteiger partial charge in [0.1, 0.15) is 10.6 Å². The topological polar surface area (TPSA) is 47.4 Å². The molecule has 1 atom stereocenters. The highest BCUT2D eigenvalue weighted by Crippen LogP contribution is 2.35. The summed E-state index contributed by atoms with van der Waals surface area (Å²) in [6.45, 7) is 6.14. The summed E-state index contributed by atoms with van der Waals surface area (Å²) in [4.78, 5) is 22.6. The molecule has 0 amide bonds. The van der Waals surface area contributed by atoms with Crippen molar-refractivity contribution in [2.24, 2.45) is 5.92 Å². The number of aryl methyl sites for hydroxylation is 1. The molecule has 0 radical (unpaired) electrons. The van der Waals surface area contributed by atoms with Crippen molar-refractivity contribution in [3.63, 3.8) is 0 Å². The molecule has 6 heteroatoms. The molecule has 3 aromatic rings. The van der Waals surface area contributed by atoms with Crippen LogP contribution >= 0.6 is 11.3 Å². The first-order valence-corrected chi connectivity index (χ1v) is 11.1. The smallest absolute Gasteiger partial charge is 0.262 e. The fraction of sp³-hybridized carbons (Fsp3) is 0.478. The summed E-state index contributed by atoms with van der Waals surface area (Å²) in [7, 11) is 3.88. The van der Waals surface area contributed by atoms with Gasteiger partial charge in [0.25, 0.3) is 5.56 Å². The molecule has 0 spiro atoms. The van der Waals surface area contributed by atoms with E-state index in [4.69, 9.17) is 4.74 Å². The lowest BCUT2D eigenvalue weighted by molar-refractivity contribution is 0.201. The van der Waals surface area contributed by atoms with Gasteiger partial charge in [0, 0.05) is 17.5 Å². The minimum absolute atomic E-state index is 0.0734. The van der Waals surface area contributed by atoms with Crippen molar-refractivity contribution in [1.82, 2.24) is 14.5 Å². The van der Waals surface area contributed by atoms with Crippen molar-refractivity contribution < 1.29 is 4.74 Å². The number of fused-ring (bicyclic) bond motifs is 3. The summed E-state index contributed by atoms with van der Waals surface area (Å²) in [6, 6.07) is 8.39. The van der Waals surface area contributed by atoms with Crippen molar-refractivity contribution in [3.8, 4) is 5.75 Å². The van der Waals surface area contributed by atoms with Gasteiger partial charge >= 0.3 is 0 Å². The van der Waals surface area contributed by atoms with Crippen molar-refractivity contribution in [1.29, 1.82) is 0 Å². The van der Waals surface area contributed by atoms with Crippen LogP contribution in [-0.2, 0) is 19.4 Å². The minimum Gasteiger partial charge on any atom is -0.497 e. The fourth-order valence-electron chi connectivity index (χ4n) is 4.37. The molecule has 0 unspecified atom stereocenters. The highest BCUT2D eigenvalue weighted by atomic mass is 32.1. The summed E-state index contributed by atoms with van der Waals surface area (Å²) in [5.74, 6) is 1.46. The first kappa shape index (κ1) is 20.1. The van der Waals surface area contributed by atoms with Gasteiger partial charge in [0.15, 0.2) is 0 Å². The number of methoxy groups -OCH3 is 1. The Hall–Kier alpha value is -2.18. The van der Waals surface area contributed by atoms with Crippen LogP contribution in [0.5, 0.6) is 5.75 Å². The second-order valence-corrected chi connectivity index (χ2v) is 9.53. The SMILES string of the molecule is COc1cccc(Cn2cnc3sc4c(c3c2=O)CC[C@@H](N(C)CC(C)C)C4)c1. The Kier molecular flexibility index (Phi) is 5.74. The lowest BCUT2D eigenvalue weighted by Crippen LogP contribution is -2.38. The fourth-order valence-corrected chi connectivity index (χ4v) is 5.61. The molecule has 154 valence electrons. The predicted molar refractivity (Wildman–Crippen MR) is 119 cm³/mol. The third kappa shape index (κ3) is 4.09. The average molecular weight is 412 g/mol. The quantitative estimate of drug-likeness (QED) is 0.616. The number of rotatable bonds is 6. The highest BCUT2D eigenvalue weighted by Gasteiger charge is 2.27. The molecule has 5 nitrogen and oxygen atoms in total. The van der Waals surface area contributed by atoms with Gasteiger partial charge in [-0.05, 0) is 55.5 Å². The van der Waals surface area contributed by atoms with Crippen molar-refractivity contribution in [3.05, 3.63) is 57.0 Å². The molecule has 1 aliphatic carbocycles. The van der Waals surface area contributed by atoms with Crippen LogP contribution in [0.2, 0.25) is 0 Å². The van der Waals surface area contributed by atoms with Gasteiger partial charge in [-0.25, -0.2) is 4.98 Å². The van der Waals surface area contributed by atoms with Crippen molar-refractivity contribution >= 4 is 21.6 Å². The highest BCUT2D eigenvalue weighted by molar-refractivity contribution is 7.18. The molecule has 2 heterocycles. The first-order chi connectivity index (χ1) is 14.0. The molecule has 0 bridgehead atoms. The van der Waals surface area contributed by atoms with E-state index < -0.39 is 0 Å². The van der Waals surface area contributed by atoms with E-state index in [2.05, 4.69) is 30.8 Å². The number of thiophene rings is 1. The first-order valence-electron chi connectivity index (χ1n) is 10.3. The Labute approximate surface area is 176 Å². The van der Waals surface area contributed by atoms with E-state index in [1.165, 1.54) is 10.4 Å². The second-order valence-electron chi connectivity index (χ2n) is 8.44. The van der Waals surface area contributed by atoms with Crippen molar-refractivity contribution in [2.45, 2.75) is 45.7 Å². The monoisotopic (exact) mass is 411 g/mol. The zero-order chi connectivity index (χ0) is 20.5. The molecule has 0 saturated carbocycles. The number of hydrogen-bond acceptors (Lipinski definition) is 5. The summed E-state index contributed by atoms with van der Waals surface area (Å²) in [5.41, 5.74) is 2.34. The molecule has 2 aromatic heterocycles. The van der Waals surface area contributed by atoms with E-state index in [0.29, 0.717) is 18.5 Å². The van der Waals surface area contributed by atoms with Gasteiger partial charge in [0.2, 0.25) is 0 Å². The van der Waals surface area contributed by atoms with Crippen LogP contribution in [0.3, 0.4) is 0 Å². The third-order valence-corrected chi connectivity index (χ3v) is 6.94. The summed E-state index contributed by atoms with van der Waals surface area (Å²) in [6.07, 6.45) is 4.78. The summed E-state index contributed by atoms with van der Waals surface area (Å²) in [5, 5.41) is 0.834. The van der Waals surface area contributed by atoms with Gasteiger partial charge < -0.3 is 9.64 Å². The van der Waals surface area contributed by atoms with Crippen LogP contribution in [0.1, 0.15) is 36.3 Å². The number of hydrogen-bond donors (Lipinski definition) is 0. The van der Waals surface area contributed by atoms with E-state index in [0.717, 1.165) is 47.3 Å². The maximum atomic E-state index is 13.3. The van der Waals surface area contributed by atoms with Gasteiger partial charge in [-0.15, -0.1) is 11.3 Å². The number of aromatic nitrogens is 2. The number of benzene rings is 1. The molecule has 1 aliphatic rings. The predicted octanol–water partition coefficient (Wildman–Crippen LogP) is 3.96. The maximum absolute atomic E-state index is 13.3. The molecule has 0 aliphatic heterocycles. The largest absolute Gasteiger partial charge is 0.497 e. The molecule has 29 heavy (non-hydrogen) atoms. The van der Waals surface area contributed by atoms with Gasteiger partial charge in [-0.2, -0.15) is 0 Å². The number of ether oxygens (including phenoxy) is 1. The van der Waals surface area contributed by atoms with E-state index in [-0.39, 0.29) is 5.56 Å². The maximum Gasteiger partial charge on any atom is 0.262 e. The lowest BCUT2D eigenvalue weighted by Gasteiger charge is -2.32. The molecule has 0 N–H and O–H groups in total. The Balaban J connectivity index is 1.63. The van der Waals surface area contributed by atoms with Gasteiger partial charge in [-0.3, -0.25) is 9.36 Å². The molecular weight excluding hydrogens is 382 g/mol. The molecular formula is C23H29N3O2S. The normalized spacial score (nSPS) is 16.6.